The Hall–Kier alpha value is -1.96. The molecule has 0 aliphatic carbocycles. The lowest BCUT2D eigenvalue weighted by atomic mass is 10.3. The first-order valence-electron chi connectivity index (χ1n) is 5.40. The number of halogens is 3. The summed E-state index contributed by atoms with van der Waals surface area (Å²) in [7, 11) is 1.66. The monoisotopic (exact) mass is 272 g/mol. The maximum atomic E-state index is 12.0. The van der Waals surface area contributed by atoms with Crippen LogP contribution in [0.3, 0.4) is 0 Å². The van der Waals surface area contributed by atoms with Crippen molar-refractivity contribution in [2.45, 2.75) is 12.8 Å². The first-order valence-corrected chi connectivity index (χ1v) is 5.40. The third-order valence-electron chi connectivity index (χ3n) is 2.38. The molecular formula is C11H11F3N4O. The fourth-order valence-electron chi connectivity index (χ4n) is 1.49. The highest BCUT2D eigenvalue weighted by molar-refractivity contribution is 5.53. The predicted molar refractivity (Wildman–Crippen MR) is 59.9 cm³/mol. The van der Waals surface area contributed by atoms with E-state index in [1.165, 1.54) is 0 Å². The van der Waals surface area contributed by atoms with Gasteiger partial charge in [0.1, 0.15) is 13.2 Å². The Balaban J connectivity index is 2.07. The topological polar surface area (TPSA) is 52.8 Å². The van der Waals surface area contributed by atoms with Gasteiger partial charge in [0.2, 0.25) is 0 Å². The van der Waals surface area contributed by atoms with Gasteiger partial charge in [-0.05, 0) is 12.1 Å². The zero-order valence-corrected chi connectivity index (χ0v) is 10.1. The quantitative estimate of drug-likeness (QED) is 0.853. The molecule has 0 spiro atoms. The number of ether oxygens (including phenoxy) is 1. The van der Waals surface area contributed by atoms with Crippen LogP contribution in [-0.2, 0) is 18.4 Å². The molecule has 0 saturated carbocycles. The third-order valence-corrected chi connectivity index (χ3v) is 2.38. The van der Waals surface area contributed by atoms with Crippen LogP contribution in [0.4, 0.5) is 13.2 Å². The van der Waals surface area contributed by atoms with Gasteiger partial charge in [-0.15, -0.1) is 10.2 Å². The molecule has 0 unspecified atom stereocenters. The van der Waals surface area contributed by atoms with Gasteiger partial charge in [0, 0.05) is 25.0 Å². The number of alkyl halides is 3. The maximum absolute atomic E-state index is 12.0. The van der Waals surface area contributed by atoms with Gasteiger partial charge in [0.25, 0.3) is 0 Å². The van der Waals surface area contributed by atoms with Crippen LogP contribution in [0.2, 0.25) is 0 Å². The van der Waals surface area contributed by atoms with E-state index in [-0.39, 0.29) is 6.61 Å². The van der Waals surface area contributed by atoms with Crippen molar-refractivity contribution >= 4 is 0 Å². The number of hydrogen-bond donors (Lipinski definition) is 0. The van der Waals surface area contributed by atoms with Crippen molar-refractivity contribution in [3.05, 3.63) is 30.4 Å². The van der Waals surface area contributed by atoms with Crippen LogP contribution in [0.25, 0.3) is 11.4 Å². The van der Waals surface area contributed by atoms with E-state index < -0.39 is 12.8 Å². The second kappa shape index (κ2) is 5.35. The highest BCUT2D eigenvalue weighted by atomic mass is 19.4. The summed E-state index contributed by atoms with van der Waals surface area (Å²) in [6.45, 7) is -1.55. The minimum absolute atomic E-state index is 0.247. The molecule has 19 heavy (non-hydrogen) atoms. The summed E-state index contributed by atoms with van der Waals surface area (Å²) in [5, 5.41) is 7.72. The second-order valence-corrected chi connectivity index (χ2v) is 3.85. The van der Waals surface area contributed by atoms with E-state index in [2.05, 4.69) is 19.9 Å². The van der Waals surface area contributed by atoms with Crippen molar-refractivity contribution < 1.29 is 17.9 Å². The van der Waals surface area contributed by atoms with Crippen LogP contribution in [0.5, 0.6) is 0 Å². The SMILES string of the molecule is Cn1c(COCC(F)(F)F)nnc1-c1cccnc1. The highest BCUT2D eigenvalue weighted by Gasteiger charge is 2.27. The number of rotatable bonds is 4. The van der Waals surface area contributed by atoms with Crippen LogP contribution >= 0.6 is 0 Å². The van der Waals surface area contributed by atoms with Crippen LogP contribution < -0.4 is 0 Å². The third kappa shape index (κ3) is 3.50. The minimum Gasteiger partial charge on any atom is -0.364 e. The van der Waals surface area contributed by atoms with E-state index in [9.17, 15) is 13.2 Å². The van der Waals surface area contributed by atoms with E-state index in [0.717, 1.165) is 5.56 Å². The Morgan fingerprint density at radius 1 is 1.32 bits per heavy atom. The van der Waals surface area contributed by atoms with E-state index in [1.54, 1.807) is 36.1 Å². The zero-order valence-electron chi connectivity index (χ0n) is 10.1. The lowest BCUT2D eigenvalue weighted by Gasteiger charge is -2.07. The Bertz CT molecular complexity index is 539. The van der Waals surface area contributed by atoms with Gasteiger partial charge < -0.3 is 9.30 Å². The van der Waals surface area contributed by atoms with Crippen molar-refractivity contribution in [2.75, 3.05) is 6.61 Å². The van der Waals surface area contributed by atoms with Crippen molar-refractivity contribution in [1.29, 1.82) is 0 Å². The number of pyridine rings is 1. The molecular weight excluding hydrogens is 261 g/mol. The number of nitrogens with zero attached hydrogens (tertiary/aromatic N) is 4. The molecule has 0 aliphatic rings. The summed E-state index contributed by atoms with van der Waals surface area (Å²) in [5.74, 6) is 0.849. The van der Waals surface area contributed by atoms with E-state index in [1.807, 2.05) is 0 Å². The van der Waals surface area contributed by atoms with Crippen LogP contribution in [0.1, 0.15) is 5.82 Å². The maximum Gasteiger partial charge on any atom is 0.411 e. The molecule has 2 heterocycles. The zero-order chi connectivity index (χ0) is 13.9. The van der Waals surface area contributed by atoms with Gasteiger partial charge in [-0.25, -0.2) is 0 Å². The Morgan fingerprint density at radius 3 is 2.74 bits per heavy atom. The lowest BCUT2D eigenvalue weighted by molar-refractivity contribution is -0.177. The largest absolute Gasteiger partial charge is 0.411 e. The summed E-state index contributed by atoms with van der Waals surface area (Å²) < 4.78 is 42.0. The van der Waals surface area contributed by atoms with Gasteiger partial charge in [-0.1, -0.05) is 0 Å². The molecule has 102 valence electrons. The number of hydrogen-bond acceptors (Lipinski definition) is 4. The predicted octanol–water partition coefficient (Wildman–Crippen LogP) is 1.96. The van der Waals surface area contributed by atoms with Crippen molar-refractivity contribution in [3.8, 4) is 11.4 Å². The van der Waals surface area contributed by atoms with Crippen LogP contribution in [0.15, 0.2) is 24.5 Å². The molecule has 2 aromatic rings. The molecule has 5 nitrogen and oxygen atoms in total. The summed E-state index contributed by atoms with van der Waals surface area (Å²) >= 11 is 0. The molecule has 0 aliphatic heterocycles. The average molecular weight is 272 g/mol. The molecule has 0 atom stereocenters. The molecule has 0 amide bonds. The van der Waals surface area contributed by atoms with Crippen molar-refractivity contribution in [3.63, 3.8) is 0 Å². The highest BCUT2D eigenvalue weighted by Crippen LogP contribution is 2.18. The summed E-state index contributed by atoms with van der Waals surface area (Å²) in [6.07, 6.45) is -1.12. The Kier molecular flexibility index (Phi) is 3.79. The van der Waals surface area contributed by atoms with Crippen LogP contribution in [0, 0.1) is 0 Å². The summed E-state index contributed by atoms with van der Waals surface area (Å²) in [6, 6.07) is 3.53. The van der Waals surface area contributed by atoms with E-state index in [0.29, 0.717) is 11.6 Å². The first-order chi connectivity index (χ1) is 8.97. The smallest absolute Gasteiger partial charge is 0.364 e. The molecule has 8 heteroatoms. The van der Waals surface area contributed by atoms with Gasteiger partial charge >= 0.3 is 6.18 Å². The molecule has 0 radical (unpaired) electrons. The van der Waals surface area contributed by atoms with Crippen LogP contribution in [-0.4, -0.2) is 32.5 Å². The van der Waals surface area contributed by atoms with E-state index in [4.69, 9.17) is 0 Å². The molecule has 2 aromatic heterocycles. The standard InChI is InChI=1S/C11H11F3N4O/c1-18-9(6-19-7-11(12,13)14)16-17-10(18)8-3-2-4-15-5-8/h2-5H,6-7H2,1H3. The Morgan fingerprint density at radius 2 is 2.11 bits per heavy atom. The molecule has 0 saturated heterocycles. The molecule has 0 fully saturated rings. The normalized spacial score (nSPS) is 11.8. The summed E-state index contributed by atoms with van der Waals surface area (Å²) in [4.78, 5) is 3.94. The Labute approximate surface area is 107 Å². The number of aromatic nitrogens is 4. The van der Waals surface area contributed by atoms with E-state index >= 15 is 0 Å². The fraction of sp³-hybridized carbons (Fsp3) is 0.364. The minimum atomic E-state index is -4.34. The first kappa shape index (κ1) is 13.5. The average Bonchev–Trinajstić information content (AvgIpc) is 2.71. The second-order valence-electron chi connectivity index (χ2n) is 3.85. The molecule has 0 N–H and O–H groups in total. The molecule has 2 rings (SSSR count). The fourth-order valence-corrected chi connectivity index (χ4v) is 1.49. The van der Waals surface area contributed by atoms with Gasteiger partial charge in [0.05, 0.1) is 0 Å². The van der Waals surface area contributed by atoms with Gasteiger partial charge in [-0.3, -0.25) is 4.98 Å². The van der Waals surface area contributed by atoms with Gasteiger partial charge in [-0.2, -0.15) is 13.2 Å². The molecule has 0 aromatic carbocycles. The summed E-state index contributed by atoms with van der Waals surface area (Å²) in [5.41, 5.74) is 0.736. The van der Waals surface area contributed by atoms with Gasteiger partial charge in [0.15, 0.2) is 11.6 Å². The molecule has 0 bridgehead atoms. The lowest BCUT2D eigenvalue weighted by Crippen LogP contribution is -2.17. The van der Waals surface area contributed by atoms with Crippen molar-refractivity contribution in [2.24, 2.45) is 7.05 Å². The van der Waals surface area contributed by atoms with Crippen molar-refractivity contribution in [1.82, 2.24) is 19.7 Å².